The van der Waals surface area contributed by atoms with E-state index in [1.807, 2.05) is 0 Å². The number of likely N-dealkylation sites (N-methyl/N-ethyl adjacent to an activating group) is 1. The van der Waals surface area contributed by atoms with Crippen LogP contribution in [0.25, 0.3) is 0 Å². The molecule has 94 valence electrons. The summed E-state index contributed by atoms with van der Waals surface area (Å²) in [6, 6.07) is 1.11. The topological polar surface area (TPSA) is 47.6 Å². The van der Waals surface area contributed by atoms with Crippen molar-refractivity contribution < 1.29 is 18.7 Å². The molecule has 0 radical (unpaired) electrons. The van der Waals surface area contributed by atoms with Crippen LogP contribution in [0.5, 0.6) is 11.5 Å². The van der Waals surface area contributed by atoms with E-state index in [0.717, 1.165) is 6.07 Å². The summed E-state index contributed by atoms with van der Waals surface area (Å²) in [4.78, 5) is 11.8. The lowest BCUT2D eigenvalue weighted by molar-refractivity contribution is 0.0990. The van der Waals surface area contributed by atoms with E-state index in [1.54, 1.807) is 7.05 Å². The number of ketones is 1. The van der Waals surface area contributed by atoms with Crippen molar-refractivity contribution in [1.82, 2.24) is 5.32 Å². The first-order valence-electron chi connectivity index (χ1n) is 4.84. The highest BCUT2D eigenvalue weighted by Gasteiger charge is 2.21. The number of carbonyl (C=O) groups excluding carboxylic acids is 1. The molecule has 1 aromatic carbocycles. The Kier molecular flexibility index (Phi) is 4.89. The molecule has 0 unspecified atom stereocenters. The molecule has 17 heavy (non-hydrogen) atoms. The number of hydrogen-bond donors (Lipinski definition) is 1. The summed E-state index contributed by atoms with van der Waals surface area (Å²) < 4.78 is 23.9. The van der Waals surface area contributed by atoms with Crippen LogP contribution in [0.4, 0.5) is 4.39 Å². The number of nitrogens with one attached hydrogen (secondary N) is 1. The standard InChI is InChI=1S/C11H13BrFNO3/c1-14-5-8(15)6-4-7(13)11(17-3)9(12)10(6)16-2/h4,14H,5H2,1-3H3. The predicted molar refractivity (Wildman–Crippen MR) is 65.5 cm³/mol. The van der Waals surface area contributed by atoms with E-state index in [2.05, 4.69) is 21.2 Å². The highest BCUT2D eigenvalue weighted by atomic mass is 79.9. The largest absolute Gasteiger partial charge is 0.495 e. The minimum Gasteiger partial charge on any atom is -0.495 e. The van der Waals surface area contributed by atoms with E-state index in [0.29, 0.717) is 4.47 Å². The van der Waals surface area contributed by atoms with Crippen molar-refractivity contribution >= 4 is 21.7 Å². The molecule has 0 heterocycles. The molecule has 0 aliphatic heterocycles. The van der Waals surface area contributed by atoms with E-state index in [-0.39, 0.29) is 29.4 Å². The summed E-state index contributed by atoms with van der Waals surface area (Å²) in [7, 11) is 4.39. The first-order valence-corrected chi connectivity index (χ1v) is 5.63. The Hall–Kier alpha value is -1.14. The molecule has 4 nitrogen and oxygen atoms in total. The van der Waals surface area contributed by atoms with Crippen molar-refractivity contribution in [3.63, 3.8) is 0 Å². The molecule has 0 amide bonds. The molecule has 1 N–H and O–H groups in total. The zero-order chi connectivity index (χ0) is 13.0. The SMILES string of the molecule is CNCC(=O)c1cc(F)c(OC)c(Br)c1OC. The van der Waals surface area contributed by atoms with Crippen LogP contribution in [-0.2, 0) is 0 Å². The lowest BCUT2D eigenvalue weighted by Crippen LogP contribution is -2.19. The van der Waals surface area contributed by atoms with Crippen molar-refractivity contribution in [2.75, 3.05) is 27.8 Å². The van der Waals surface area contributed by atoms with Crippen LogP contribution in [0.15, 0.2) is 10.5 Å². The van der Waals surface area contributed by atoms with Gasteiger partial charge < -0.3 is 14.8 Å². The zero-order valence-electron chi connectivity index (χ0n) is 9.77. The van der Waals surface area contributed by atoms with Crippen molar-refractivity contribution in [2.45, 2.75) is 0 Å². The maximum atomic E-state index is 13.6. The lowest BCUT2D eigenvalue weighted by atomic mass is 10.1. The van der Waals surface area contributed by atoms with Gasteiger partial charge in [-0.15, -0.1) is 0 Å². The van der Waals surface area contributed by atoms with E-state index in [1.165, 1.54) is 14.2 Å². The molecule has 0 saturated carbocycles. The predicted octanol–water partition coefficient (Wildman–Crippen LogP) is 2.01. The van der Waals surface area contributed by atoms with Crippen LogP contribution in [0.1, 0.15) is 10.4 Å². The fourth-order valence-corrected chi connectivity index (χ4v) is 2.16. The molecule has 0 saturated heterocycles. The van der Waals surface area contributed by atoms with Crippen LogP contribution in [0, 0.1) is 5.82 Å². The Balaban J connectivity index is 3.36. The van der Waals surface area contributed by atoms with Gasteiger partial charge in [0.1, 0.15) is 10.2 Å². The molecule has 0 aliphatic rings. The van der Waals surface area contributed by atoms with Crippen LogP contribution in [0.2, 0.25) is 0 Å². The number of methoxy groups -OCH3 is 2. The first-order chi connectivity index (χ1) is 8.06. The van der Waals surface area contributed by atoms with Gasteiger partial charge >= 0.3 is 0 Å². The van der Waals surface area contributed by atoms with Crippen LogP contribution in [-0.4, -0.2) is 33.6 Å². The molecule has 0 bridgehead atoms. The van der Waals surface area contributed by atoms with Crippen molar-refractivity contribution in [3.05, 3.63) is 21.9 Å². The lowest BCUT2D eigenvalue weighted by Gasteiger charge is -2.13. The van der Waals surface area contributed by atoms with Gasteiger partial charge in [0, 0.05) is 0 Å². The Morgan fingerprint density at radius 1 is 1.41 bits per heavy atom. The number of benzene rings is 1. The van der Waals surface area contributed by atoms with Crippen LogP contribution in [0.3, 0.4) is 0 Å². The third kappa shape index (κ3) is 2.76. The summed E-state index contributed by atoms with van der Waals surface area (Å²) in [6.45, 7) is 0.106. The third-order valence-electron chi connectivity index (χ3n) is 2.18. The summed E-state index contributed by atoms with van der Waals surface area (Å²) in [6.07, 6.45) is 0. The van der Waals surface area contributed by atoms with Crippen molar-refractivity contribution in [3.8, 4) is 11.5 Å². The van der Waals surface area contributed by atoms with E-state index < -0.39 is 5.82 Å². The summed E-state index contributed by atoms with van der Waals surface area (Å²) >= 11 is 3.16. The van der Waals surface area contributed by atoms with Gasteiger partial charge in [0.05, 0.1) is 26.3 Å². The van der Waals surface area contributed by atoms with Gasteiger partial charge in [-0.05, 0) is 29.0 Å². The maximum absolute atomic E-state index is 13.6. The van der Waals surface area contributed by atoms with Gasteiger partial charge in [0.15, 0.2) is 17.3 Å². The van der Waals surface area contributed by atoms with Gasteiger partial charge in [-0.25, -0.2) is 4.39 Å². The molecular formula is C11H13BrFNO3. The molecule has 0 spiro atoms. The molecule has 1 aromatic rings. The molecule has 0 aliphatic carbocycles. The van der Waals surface area contributed by atoms with Gasteiger partial charge in [-0.3, -0.25) is 4.79 Å². The second kappa shape index (κ2) is 5.97. The van der Waals surface area contributed by atoms with Crippen LogP contribution >= 0.6 is 15.9 Å². The summed E-state index contributed by atoms with van der Waals surface area (Å²) in [5, 5.41) is 2.71. The average Bonchev–Trinajstić information content (AvgIpc) is 2.29. The molecule has 0 aromatic heterocycles. The molecule has 0 fully saturated rings. The maximum Gasteiger partial charge on any atom is 0.180 e. The molecule has 0 atom stereocenters. The van der Waals surface area contributed by atoms with Gasteiger partial charge in [-0.2, -0.15) is 0 Å². The minimum absolute atomic E-state index is 0.0165. The van der Waals surface area contributed by atoms with E-state index in [4.69, 9.17) is 9.47 Å². The van der Waals surface area contributed by atoms with Gasteiger partial charge in [0.25, 0.3) is 0 Å². The number of halogens is 2. The second-order valence-electron chi connectivity index (χ2n) is 3.24. The fraction of sp³-hybridized carbons (Fsp3) is 0.364. The Bertz CT molecular complexity index is 437. The normalized spacial score (nSPS) is 10.2. The highest BCUT2D eigenvalue weighted by molar-refractivity contribution is 9.10. The third-order valence-corrected chi connectivity index (χ3v) is 2.90. The van der Waals surface area contributed by atoms with Gasteiger partial charge in [0.2, 0.25) is 0 Å². The zero-order valence-corrected chi connectivity index (χ0v) is 11.4. The van der Waals surface area contributed by atoms with E-state index >= 15 is 0 Å². The van der Waals surface area contributed by atoms with Crippen LogP contribution < -0.4 is 14.8 Å². The number of Topliss-reactive ketones (excluding diaryl/α,β-unsaturated/α-hetero) is 1. The monoisotopic (exact) mass is 305 g/mol. The number of hydrogen-bond acceptors (Lipinski definition) is 4. The highest BCUT2D eigenvalue weighted by Crippen LogP contribution is 2.39. The quantitative estimate of drug-likeness (QED) is 0.845. The number of ether oxygens (including phenoxy) is 2. The van der Waals surface area contributed by atoms with Gasteiger partial charge in [-0.1, -0.05) is 0 Å². The van der Waals surface area contributed by atoms with Crippen molar-refractivity contribution in [2.24, 2.45) is 0 Å². The second-order valence-corrected chi connectivity index (χ2v) is 4.03. The fourth-order valence-electron chi connectivity index (χ4n) is 1.43. The molecule has 1 rings (SSSR count). The minimum atomic E-state index is -0.611. The molecular weight excluding hydrogens is 293 g/mol. The Morgan fingerprint density at radius 3 is 2.47 bits per heavy atom. The Morgan fingerprint density at radius 2 is 2.00 bits per heavy atom. The van der Waals surface area contributed by atoms with Crippen molar-refractivity contribution in [1.29, 1.82) is 0 Å². The Labute approximate surface area is 107 Å². The first kappa shape index (κ1) is 13.9. The summed E-state index contributed by atoms with van der Waals surface area (Å²) in [5.74, 6) is -0.586. The number of rotatable bonds is 5. The summed E-state index contributed by atoms with van der Waals surface area (Å²) in [5.41, 5.74) is 0.173. The smallest absolute Gasteiger partial charge is 0.180 e. The number of carbonyl (C=O) groups is 1. The molecule has 6 heteroatoms. The van der Waals surface area contributed by atoms with E-state index in [9.17, 15) is 9.18 Å². The average molecular weight is 306 g/mol.